The van der Waals surface area contributed by atoms with Gasteiger partial charge in [0.05, 0.1) is 24.3 Å². The highest BCUT2D eigenvalue weighted by Crippen LogP contribution is 2.32. The van der Waals surface area contributed by atoms with Crippen molar-refractivity contribution < 1.29 is 19.0 Å². The molecule has 0 saturated carbocycles. The fraction of sp³-hybridized carbons (Fsp3) is 0.611. The molecule has 1 saturated heterocycles. The molecule has 6 heteroatoms. The van der Waals surface area contributed by atoms with Gasteiger partial charge in [-0.15, -0.1) is 0 Å². The summed E-state index contributed by atoms with van der Waals surface area (Å²) >= 11 is 0. The molecule has 6 nitrogen and oxygen atoms in total. The van der Waals surface area contributed by atoms with Crippen LogP contribution in [-0.2, 0) is 4.74 Å². The Hall–Kier alpha value is -1.95. The van der Waals surface area contributed by atoms with Crippen LogP contribution < -0.4 is 14.8 Å². The van der Waals surface area contributed by atoms with Crippen LogP contribution in [0.5, 0.6) is 11.5 Å². The average Bonchev–Trinajstić information content (AvgIpc) is 2.52. The third-order valence-corrected chi connectivity index (χ3v) is 4.26. The van der Waals surface area contributed by atoms with Gasteiger partial charge in [0.15, 0.2) is 11.5 Å². The number of hydrogen-bond acceptors (Lipinski definition) is 4. The summed E-state index contributed by atoms with van der Waals surface area (Å²) in [6, 6.07) is 5.61. The first-order valence-electron chi connectivity index (χ1n) is 8.47. The van der Waals surface area contributed by atoms with E-state index in [1.54, 1.807) is 0 Å². The maximum Gasteiger partial charge on any atom is 0.318 e. The second-order valence-electron chi connectivity index (χ2n) is 7.14. The predicted octanol–water partition coefficient (Wildman–Crippen LogP) is 2.73. The van der Waals surface area contributed by atoms with Crippen LogP contribution in [0.25, 0.3) is 0 Å². The topological polar surface area (TPSA) is 60.0 Å². The summed E-state index contributed by atoms with van der Waals surface area (Å²) in [6.45, 7) is 10.3. The number of urea groups is 1. The van der Waals surface area contributed by atoms with E-state index in [1.165, 1.54) is 0 Å². The van der Waals surface area contributed by atoms with Crippen LogP contribution in [0, 0.1) is 0 Å². The minimum atomic E-state index is -0.324. The lowest BCUT2D eigenvalue weighted by atomic mass is 10.1. The van der Waals surface area contributed by atoms with Crippen LogP contribution in [0.15, 0.2) is 18.2 Å². The Bertz CT molecular complexity index is 617. The van der Waals surface area contributed by atoms with Gasteiger partial charge in [0.1, 0.15) is 13.2 Å². The number of ether oxygens (including phenoxy) is 3. The molecule has 2 aliphatic heterocycles. The van der Waals surface area contributed by atoms with E-state index in [0.717, 1.165) is 17.1 Å². The van der Waals surface area contributed by atoms with E-state index in [0.29, 0.717) is 26.3 Å². The van der Waals surface area contributed by atoms with E-state index in [4.69, 9.17) is 14.2 Å². The van der Waals surface area contributed by atoms with Gasteiger partial charge in [0.25, 0.3) is 0 Å². The molecule has 1 N–H and O–H groups in total. The lowest BCUT2D eigenvalue weighted by molar-refractivity contribution is -0.117. The number of rotatable bonds is 2. The molecule has 2 unspecified atom stereocenters. The first-order chi connectivity index (χ1) is 11.3. The number of fused-ring (bicyclic) bond motifs is 1. The van der Waals surface area contributed by atoms with E-state index >= 15 is 0 Å². The highest BCUT2D eigenvalue weighted by Gasteiger charge is 2.34. The highest BCUT2D eigenvalue weighted by atomic mass is 16.6. The van der Waals surface area contributed by atoms with Crippen molar-refractivity contribution in [3.63, 3.8) is 0 Å². The van der Waals surface area contributed by atoms with Gasteiger partial charge in [-0.05, 0) is 45.4 Å². The number of nitrogens with one attached hydrogen (secondary N) is 1. The summed E-state index contributed by atoms with van der Waals surface area (Å²) in [5, 5.41) is 3.07. The lowest BCUT2D eigenvalue weighted by Crippen LogP contribution is -2.56. The van der Waals surface area contributed by atoms with Crippen LogP contribution in [0.2, 0.25) is 0 Å². The molecule has 0 aromatic heterocycles. The van der Waals surface area contributed by atoms with Crippen molar-refractivity contribution in [1.82, 2.24) is 10.2 Å². The number of nitrogens with zero attached hydrogens (tertiary/aromatic N) is 1. The van der Waals surface area contributed by atoms with Crippen LogP contribution in [0.3, 0.4) is 0 Å². The number of carbonyl (C=O) groups excluding carboxylic acids is 1. The molecule has 24 heavy (non-hydrogen) atoms. The summed E-state index contributed by atoms with van der Waals surface area (Å²) in [4.78, 5) is 14.4. The van der Waals surface area contributed by atoms with Gasteiger partial charge >= 0.3 is 6.03 Å². The van der Waals surface area contributed by atoms with E-state index in [2.05, 4.69) is 5.32 Å². The summed E-state index contributed by atoms with van der Waals surface area (Å²) in [6.07, 6.45) is 0.0316. The van der Waals surface area contributed by atoms with E-state index in [1.807, 2.05) is 50.8 Å². The number of amides is 2. The summed E-state index contributed by atoms with van der Waals surface area (Å²) in [5.74, 6) is 1.49. The van der Waals surface area contributed by atoms with Gasteiger partial charge in [-0.1, -0.05) is 6.07 Å². The van der Waals surface area contributed by atoms with Gasteiger partial charge < -0.3 is 24.4 Å². The van der Waals surface area contributed by atoms with Gasteiger partial charge in [-0.3, -0.25) is 0 Å². The van der Waals surface area contributed by atoms with Crippen LogP contribution in [-0.4, -0.2) is 48.9 Å². The molecular formula is C18H26N2O4. The normalized spacial score (nSPS) is 23.5. The molecule has 132 valence electrons. The lowest BCUT2D eigenvalue weighted by Gasteiger charge is -2.42. The Morgan fingerprint density at radius 2 is 2.00 bits per heavy atom. The highest BCUT2D eigenvalue weighted by molar-refractivity contribution is 5.75. The second kappa shape index (κ2) is 6.51. The minimum Gasteiger partial charge on any atom is -0.486 e. The fourth-order valence-electron chi connectivity index (χ4n) is 3.30. The van der Waals surface area contributed by atoms with Crippen molar-refractivity contribution in [2.75, 3.05) is 26.3 Å². The molecule has 2 heterocycles. The molecule has 0 spiro atoms. The third-order valence-electron chi connectivity index (χ3n) is 4.26. The second-order valence-corrected chi connectivity index (χ2v) is 7.14. The van der Waals surface area contributed by atoms with Gasteiger partial charge in [0, 0.05) is 6.54 Å². The van der Waals surface area contributed by atoms with E-state index in [-0.39, 0.29) is 23.8 Å². The SMILES string of the molecule is CC1CN(C(=O)NC(C)c2ccc3c(c2)OCCO3)CC(C)(C)O1. The Labute approximate surface area is 143 Å². The monoisotopic (exact) mass is 334 g/mol. The summed E-state index contributed by atoms with van der Waals surface area (Å²) in [7, 11) is 0. The molecular weight excluding hydrogens is 308 g/mol. The molecule has 3 rings (SSSR count). The molecule has 1 aromatic rings. The Morgan fingerprint density at radius 3 is 2.71 bits per heavy atom. The molecule has 1 fully saturated rings. The van der Waals surface area contributed by atoms with Crippen molar-refractivity contribution in [3.05, 3.63) is 23.8 Å². The smallest absolute Gasteiger partial charge is 0.318 e. The zero-order chi connectivity index (χ0) is 17.3. The zero-order valence-electron chi connectivity index (χ0n) is 14.8. The number of hydrogen-bond donors (Lipinski definition) is 1. The van der Waals surface area contributed by atoms with E-state index < -0.39 is 0 Å². The molecule has 0 bridgehead atoms. The molecule has 1 aromatic carbocycles. The Balaban J connectivity index is 1.66. The van der Waals surface area contributed by atoms with Crippen molar-refractivity contribution in [2.45, 2.75) is 45.4 Å². The minimum absolute atomic E-state index is 0.0316. The first-order valence-corrected chi connectivity index (χ1v) is 8.47. The average molecular weight is 334 g/mol. The molecule has 0 aliphatic carbocycles. The molecule has 2 atom stereocenters. The maximum atomic E-state index is 12.6. The van der Waals surface area contributed by atoms with Crippen molar-refractivity contribution in [1.29, 1.82) is 0 Å². The molecule has 2 aliphatic rings. The Kier molecular flexibility index (Phi) is 4.58. The van der Waals surface area contributed by atoms with Crippen LogP contribution in [0.4, 0.5) is 4.79 Å². The quantitative estimate of drug-likeness (QED) is 0.903. The largest absolute Gasteiger partial charge is 0.486 e. The van der Waals surface area contributed by atoms with Gasteiger partial charge in [0.2, 0.25) is 0 Å². The molecule has 0 radical (unpaired) electrons. The predicted molar refractivity (Wildman–Crippen MR) is 90.6 cm³/mol. The number of morpholine rings is 1. The number of carbonyl (C=O) groups is 1. The van der Waals surface area contributed by atoms with Crippen LogP contribution in [0.1, 0.15) is 39.3 Å². The molecule has 2 amide bonds. The third kappa shape index (κ3) is 3.75. The van der Waals surface area contributed by atoms with Crippen molar-refractivity contribution >= 4 is 6.03 Å². The number of benzene rings is 1. The summed E-state index contributed by atoms with van der Waals surface area (Å²) < 4.78 is 17.0. The van der Waals surface area contributed by atoms with Gasteiger partial charge in [-0.2, -0.15) is 0 Å². The fourth-order valence-corrected chi connectivity index (χ4v) is 3.30. The maximum absolute atomic E-state index is 12.6. The Morgan fingerprint density at radius 1 is 1.29 bits per heavy atom. The van der Waals surface area contributed by atoms with Crippen molar-refractivity contribution in [2.24, 2.45) is 0 Å². The first kappa shape index (κ1) is 16.9. The van der Waals surface area contributed by atoms with Gasteiger partial charge in [-0.25, -0.2) is 4.79 Å². The summed E-state index contributed by atoms with van der Waals surface area (Å²) in [5.41, 5.74) is 0.670. The standard InChI is InChI=1S/C18H26N2O4/c1-12-10-20(11-18(3,4)24-12)17(21)19-13(2)14-5-6-15-16(9-14)23-8-7-22-15/h5-6,9,12-13H,7-8,10-11H2,1-4H3,(H,19,21). The van der Waals surface area contributed by atoms with Crippen LogP contribution >= 0.6 is 0 Å². The van der Waals surface area contributed by atoms with Crippen molar-refractivity contribution in [3.8, 4) is 11.5 Å². The zero-order valence-corrected chi connectivity index (χ0v) is 14.8. The van der Waals surface area contributed by atoms with E-state index in [9.17, 15) is 4.79 Å².